The van der Waals surface area contributed by atoms with Crippen molar-refractivity contribution < 1.29 is 14.6 Å². The number of hydrogen-bond donors (Lipinski definition) is 1. The molecule has 0 radical (unpaired) electrons. The normalized spacial score (nSPS) is 16.0. The quantitative estimate of drug-likeness (QED) is 0.592. The smallest absolute Gasteiger partial charge is 0.311 e. The summed E-state index contributed by atoms with van der Waals surface area (Å²) in [5.41, 5.74) is 0. The van der Waals surface area contributed by atoms with E-state index in [2.05, 4.69) is 4.74 Å². The number of aliphatic hydroxyl groups is 1. The Kier molecular flexibility index (Phi) is 4.03. The van der Waals surface area contributed by atoms with Gasteiger partial charge in [0.1, 0.15) is 0 Å². The molecule has 3 nitrogen and oxygen atoms in total. The van der Waals surface area contributed by atoms with Gasteiger partial charge in [-0.2, -0.15) is 0 Å². The summed E-state index contributed by atoms with van der Waals surface area (Å²) >= 11 is 0. The number of carbonyl (C=O) groups is 1. The van der Waals surface area contributed by atoms with Gasteiger partial charge in [0, 0.05) is 0 Å². The molecular formula is C7H14O3. The van der Waals surface area contributed by atoms with E-state index in [1.807, 2.05) is 0 Å². The predicted octanol–water partition coefficient (Wildman–Crippen LogP) is 0.566. The highest BCUT2D eigenvalue weighted by Crippen LogP contribution is 2.03. The number of aliphatic hydroxyl groups excluding tert-OH is 1. The van der Waals surface area contributed by atoms with E-state index < -0.39 is 12.0 Å². The first-order valence-electron chi connectivity index (χ1n) is 3.44. The van der Waals surface area contributed by atoms with Crippen LogP contribution in [0.25, 0.3) is 0 Å². The second-order valence-electron chi connectivity index (χ2n) is 2.28. The van der Waals surface area contributed by atoms with Crippen molar-refractivity contribution in [3.05, 3.63) is 0 Å². The first kappa shape index (κ1) is 9.43. The molecule has 0 rings (SSSR count). The lowest BCUT2D eigenvalue weighted by Gasteiger charge is -2.11. The summed E-state index contributed by atoms with van der Waals surface area (Å²) in [6, 6.07) is 0. The van der Waals surface area contributed by atoms with Crippen molar-refractivity contribution >= 4 is 5.97 Å². The number of hydrogen-bond acceptors (Lipinski definition) is 3. The number of esters is 1. The summed E-state index contributed by atoms with van der Waals surface area (Å²) in [4.78, 5) is 10.8. The summed E-state index contributed by atoms with van der Waals surface area (Å²) < 4.78 is 4.67. The van der Waals surface area contributed by atoms with Crippen molar-refractivity contribution in [1.82, 2.24) is 0 Å². The standard InChI is InChI=1S/C7H14O3/c1-4-10-7(9)5(2)6(3)8/h5-6,8H,4H2,1-3H3/t5-,6+/m1/s1. The van der Waals surface area contributed by atoms with Gasteiger partial charge in [-0.1, -0.05) is 0 Å². The third kappa shape index (κ3) is 2.82. The highest BCUT2D eigenvalue weighted by Gasteiger charge is 2.18. The molecule has 0 fully saturated rings. The Labute approximate surface area is 61.0 Å². The molecular weight excluding hydrogens is 132 g/mol. The van der Waals surface area contributed by atoms with E-state index in [0.29, 0.717) is 6.61 Å². The molecule has 0 spiro atoms. The van der Waals surface area contributed by atoms with Crippen LogP contribution in [0.2, 0.25) is 0 Å². The van der Waals surface area contributed by atoms with Crippen LogP contribution < -0.4 is 0 Å². The molecule has 0 aliphatic carbocycles. The molecule has 0 saturated carbocycles. The molecule has 0 aromatic rings. The van der Waals surface area contributed by atoms with Gasteiger partial charge in [-0.25, -0.2) is 0 Å². The maximum atomic E-state index is 10.8. The van der Waals surface area contributed by atoms with Gasteiger partial charge in [0.05, 0.1) is 18.6 Å². The van der Waals surface area contributed by atoms with Crippen molar-refractivity contribution in [3.63, 3.8) is 0 Å². The lowest BCUT2D eigenvalue weighted by molar-refractivity contribution is -0.150. The van der Waals surface area contributed by atoms with Crippen LogP contribution in [0.3, 0.4) is 0 Å². The maximum Gasteiger partial charge on any atom is 0.311 e. The van der Waals surface area contributed by atoms with Crippen LogP contribution in [0.15, 0.2) is 0 Å². The predicted molar refractivity (Wildman–Crippen MR) is 37.5 cm³/mol. The third-order valence-corrected chi connectivity index (χ3v) is 1.38. The van der Waals surface area contributed by atoms with Gasteiger partial charge < -0.3 is 9.84 Å². The Hall–Kier alpha value is -0.570. The second kappa shape index (κ2) is 4.28. The summed E-state index contributed by atoms with van der Waals surface area (Å²) in [6.45, 7) is 5.33. The number of rotatable bonds is 3. The molecule has 2 atom stereocenters. The fourth-order valence-electron chi connectivity index (χ4n) is 0.471. The summed E-state index contributed by atoms with van der Waals surface area (Å²) in [5, 5.41) is 8.92. The Morgan fingerprint density at radius 3 is 2.40 bits per heavy atom. The van der Waals surface area contributed by atoms with Gasteiger partial charge >= 0.3 is 5.97 Å². The molecule has 0 heterocycles. The zero-order chi connectivity index (χ0) is 8.15. The number of carbonyl (C=O) groups excluding carboxylic acids is 1. The van der Waals surface area contributed by atoms with E-state index in [1.165, 1.54) is 0 Å². The molecule has 0 aliphatic rings. The Bertz CT molecular complexity index is 109. The average molecular weight is 146 g/mol. The summed E-state index contributed by atoms with van der Waals surface area (Å²) in [5.74, 6) is -0.752. The molecule has 1 N–H and O–H groups in total. The minimum atomic E-state index is -0.626. The van der Waals surface area contributed by atoms with E-state index in [4.69, 9.17) is 5.11 Å². The van der Waals surface area contributed by atoms with Crippen molar-refractivity contribution in [2.45, 2.75) is 26.9 Å². The zero-order valence-electron chi connectivity index (χ0n) is 6.63. The van der Waals surface area contributed by atoms with Crippen LogP contribution >= 0.6 is 0 Å². The average Bonchev–Trinajstić information content (AvgIpc) is 1.87. The second-order valence-corrected chi connectivity index (χ2v) is 2.28. The van der Waals surface area contributed by atoms with E-state index >= 15 is 0 Å². The molecule has 0 aromatic carbocycles. The van der Waals surface area contributed by atoms with E-state index in [1.54, 1.807) is 20.8 Å². The first-order chi connectivity index (χ1) is 4.59. The lowest BCUT2D eigenvalue weighted by atomic mass is 10.1. The fraction of sp³-hybridized carbons (Fsp3) is 0.857. The van der Waals surface area contributed by atoms with Crippen LogP contribution in [-0.4, -0.2) is 23.8 Å². The number of ether oxygens (including phenoxy) is 1. The Balaban J connectivity index is 3.71. The first-order valence-corrected chi connectivity index (χ1v) is 3.44. The van der Waals surface area contributed by atoms with Crippen molar-refractivity contribution in [3.8, 4) is 0 Å². The van der Waals surface area contributed by atoms with Gasteiger partial charge in [-0.15, -0.1) is 0 Å². The topological polar surface area (TPSA) is 46.5 Å². The third-order valence-electron chi connectivity index (χ3n) is 1.38. The SMILES string of the molecule is CCOC(=O)[C@H](C)[C@H](C)O. The summed E-state index contributed by atoms with van der Waals surface area (Å²) in [6.07, 6.45) is -0.626. The van der Waals surface area contributed by atoms with Gasteiger partial charge in [-0.05, 0) is 20.8 Å². The minimum absolute atomic E-state index is 0.336. The fourth-order valence-corrected chi connectivity index (χ4v) is 0.471. The van der Waals surface area contributed by atoms with Crippen molar-refractivity contribution in [2.24, 2.45) is 5.92 Å². The molecule has 0 amide bonds. The lowest BCUT2D eigenvalue weighted by Crippen LogP contribution is -2.24. The van der Waals surface area contributed by atoms with Crippen molar-refractivity contribution in [1.29, 1.82) is 0 Å². The van der Waals surface area contributed by atoms with Gasteiger partial charge in [-0.3, -0.25) is 4.79 Å². The van der Waals surface area contributed by atoms with Crippen LogP contribution in [0.4, 0.5) is 0 Å². The van der Waals surface area contributed by atoms with Gasteiger partial charge in [0.25, 0.3) is 0 Å². The maximum absolute atomic E-state index is 10.8. The monoisotopic (exact) mass is 146 g/mol. The molecule has 0 unspecified atom stereocenters. The van der Waals surface area contributed by atoms with E-state index in [9.17, 15) is 4.79 Å². The highest BCUT2D eigenvalue weighted by molar-refractivity contribution is 5.72. The van der Waals surface area contributed by atoms with E-state index in [-0.39, 0.29) is 5.97 Å². The van der Waals surface area contributed by atoms with Crippen LogP contribution in [0.5, 0.6) is 0 Å². The molecule has 0 aromatic heterocycles. The molecule has 0 bridgehead atoms. The molecule has 60 valence electrons. The zero-order valence-corrected chi connectivity index (χ0v) is 6.63. The van der Waals surface area contributed by atoms with Gasteiger partial charge in [0.2, 0.25) is 0 Å². The summed E-state index contributed by atoms with van der Waals surface area (Å²) in [7, 11) is 0. The van der Waals surface area contributed by atoms with Crippen molar-refractivity contribution in [2.75, 3.05) is 6.61 Å². The Morgan fingerprint density at radius 2 is 2.10 bits per heavy atom. The molecule has 0 saturated heterocycles. The Morgan fingerprint density at radius 1 is 1.60 bits per heavy atom. The van der Waals surface area contributed by atoms with Gasteiger partial charge in [0.15, 0.2) is 0 Å². The molecule has 10 heavy (non-hydrogen) atoms. The molecule has 0 aliphatic heterocycles. The molecule has 3 heteroatoms. The van der Waals surface area contributed by atoms with Crippen LogP contribution in [0.1, 0.15) is 20.8 Å². The minimum Gasteiger partial charge on any atom is -0.466 e. The van der Waals surface area contributed by atoms with E-state index in [0.717, 1.165) is 0 Å². The van der Waals surface area contributed by atoms with Crippen LogP contribution in [0, 0.1) is 5.92 Å². The largest absolute Gasteiger partial charge is 0.466 e. The highest BCUT2D eigenvalue weighted by atomic mass is 16.5. The van der Waals surface area contributed by atoms with Crippen LogP contribution in [-0.2, 0) is 9.53 Å².